The summed E-state index contributed by atoms with van der Waals surface area (Å²) in [6.07, 6.45) is 0. The van der Waals surface area contributed by atoms with E-state index >= 15 is 0 Å². The van der Waals surface area contributed by atoms with Crippen molar-refractivity contribution in [2.24, 2.45) is 5.14 Å². The van der Waals surface area contributed by atoms with E-state index in [-0.39, 0.29) is 29.0 Å². The number of rotatable bonds is 8. The summed E-state index contributed by atoms with van der Waals surface area (Å²) >= 11 is 0. The van der Waals surface area contributed by atoms with Crippen molar-refractivity contribution in [2.45, 2.75) is 17.9 Å². The van der Waals surface area contributed by atoms with Gasteiger partial charge in [0.1, 0.15) is 5.82 Å². The Kier molecular flexibility index (Phi) is 7.77. The fourth-order valence-electron chi connectivity index (χ4n) is 3.27. The number of nitrogens with zero attached hydrogens (tertiary/aromatic N) is 1. The number of nitrogens with one attached hydrogen (secondary N) is 2. The number of hydrogen-bond acceptors (Lipinski definition) is 5. The molecule has 0 aliphatic heterocycles. The second kappa shape index (κ2) is 10.6. The van der Waals surface area contributed by atoms with E-state index in [0.29, 0.717) is 11.4 Å². The van der Waals surface area contributed by atoms with Crippen LogP contribution in [-0.2, 0) is 14.8 Å². The van der Waals surface area contributed by atoms with Crippen LogP contribution in [0.25, 0.3) is 0 Å². The highest BCUT2D eigenvalue weighted by molar-refractivity contribution is 7.89. The van der Waals surface area contributed by atoms with Gasteiger partial charge in [-0.25, -0.2) is 17.9 Å². The Bertz CT molecular complexity index is 1280. The SMILES string of the molecule is CC(c1ccc(S(N)(=O)=O)cc1)N(C)CC(=O)Nc1ccccc1C(=O)Nc1ccc(F)cc1. The average Bonchev–Trinajstić information content (AvgIpc) is 2.79. The first-order chi connectivity index (χ1) is 16.0. The van der Waals surface area contributed by atoms with Gasteiger partial charge in [-0.1, -0.05) is 24.3 Å². The van der Waals surface area contributed by atoms with Crippen LogP contribution < -0.4 is 15.8 Å². The number of likely N-dealkylation sites (N-methyl/N-ethyl adjacent to an activating group) is 1. The van der Waals surface area contributed by atoms with Crippen molar-refractivity contribution in [3.63, 3.8) is 0 Å². The molecule has 10 heteroatoms. The maximum Gasteiger partial charge on any atom is 0.257 e. The molecule has 0 aliphatic carbocycles. The summed E-state index contributed by atoms with van der Waals surface area (Å²) < 4.78 is 36.0. The smallest absolute Gasteiger partial charge is 0.257 e. The molecule has 0 fully saturated rings. The summed E-state index contributed by atoms with van der Waals surface area (Å²) in [6.45, 7) is 1.90. The number of primary sulfonamides is 1. The lowest BCUT2D eigenvalue weighted by atomic mass is 10.1. The molecule has 0 heterocycles. The number of sulfonamides is 1. The van der Waals surface area contributed by atoms with E-state index in [2.05, 4.69) is 10.6 Å². The van der Waals surface area contributed by atoms with Crippen LogP contribution in [0.1, 0.15) is 28.9 Å². The lowest BCUT2D eigenvalue weighted by Crippen LogP contribution is -2.32. The Morgan fingerprint density at radius 2 is 1.59 bits per heavy atom. The van der Waals surface area contributed by atoms with Gasteiger partial charge in [0, 0.05) is 11.7 Å². The minimum absolute atomic E-state index is 0.0133. The number of nitrogens with two attached hydrogens (primary N) is 1. The fourth-order valence-corrected chi connectivity index (χ4v) is 3.78. The monoisotopic (exact) mass is 484 g/mol. The molecule has 0 saturated heterocycles. The van der Waals surface area contributed by atoms with Crippen molar-refractivity contribution < 1.29 is 22.4 Å². The van der Waals surface area contributed by atoms with E-state index in [1.54, 1.807) is 48.3 Å². The van der Waals surface area contributed by atoms with Gasteiger partial charge in [0.25, 0.3) is 5.91 Å². The number of amides is 2. The summed E-state index contributed by atoms with van der Waals surface area (Å²) in [7, 11) is -2.02. The molecule has 34 heavy (non-hydrogen) atoms. The first-order valence-corrected chi connectivity index (χ1v) is 11.9. The van der Waals surface area contributed by atoms with E-state index in [4.69, 9.17) is 5.14 Å². The molecule has 0 saturated carbocycles. The lowest BCUT2D eigenvalue weighted by molar-refractivity contribution is -0.117. The maximum atomic E-state index is 13.1. The van der Waals surface area contributed by atoms with Crippen LogP contribution >= 0.6 is 0 Å². The zero-order chi connectivity index (χ0) is 24.9. The van der Waals surface area contributed by atoms with Gasteiger partial charge in [0.2, 0.25) is 15.9 Å². The number of halogens is 1. The Morgan fingerprint density at radius 3 is 2.21 bits per heavy atom. The van der Waals surface area contributed by atoms with Gasteiger partial charge in [-0.15, -0.1) is 0 Å². The van der Waals surface area contributed by atoms with Gasteiger partial charge in [-0.2, -0.15) is 0 Å². The predicted molar refractivity (Wildman–Crippen MR) is 128 cm³/mol. The van der Waals surface area contributed by atoms with E-state index in [9.17, 15) is 22.4 Å². The molecule has 1 unspecified atom stereocenters. The van der Waals surface area contributed by atoms with Gasteiger partial charge in [-0.3, -0.25) is 14.5 Å². The molecule has 0 spiro atoms. The molecule has 0 radical (unpaired) electrons. The van der Waals surface area contributed by atoms with Crippen molar-refractivity contribution in [1.82, 2.24) is 4.90 Å². The minimum atomic E-state index is -3.78. The number of benzene rings is 3. The summed E-state index contributed by atoms with van der Waals surface area (Å²) in [5.41, 5.74) is 1.83. The van der Waals surface area contributed by atoms with E-state index < -0.39 is 21.7 Å². The van der Waals surface area contributed by atoms with Gasteiger partial charge in [0.15, 0.2) is 0 Å². The molecular formula is C24H25FN4O4S. The molecule has 8 nitrogen and oxygen atoms in total. The number of anilines is 2. The Balaban J connectivity index is 1.65. The quantitative estimate of drug-likeness (QED) is 0.453. The summed E-state index contributed by atoms with van der Waals surface area (Å²) in [5, 5.41) is 10.6. The van der Waals surface area contributed by atoms with Crippen molar-refractivity contribution in [1.29, 1.82) is 0 Å². The summed E-state index contributed by atoms with van der Waals surface area (Å²) in [5.74, 6) is -1.19. The molecule has 4 N–H and O–H groups in total. The van der Waals surface area contributed by atoms with Crippen LogP contribution in [-0.4, -0.2) is 38.7 Å². The molecule has 1 atom stereocenters. The van der Waals surface area contributed by atoms with Gasteiger partial charge in [0.05, 0.1) is 22.7 Å². The largest absolute Gasteiger partial charge is 0.324 e. The first-order valence-electron chi connectivity index (χ1n) is 10.3. The Morgan fingerprint density at radius 1 is 0.971 bits per heavy atom. The van der Waals surface area contributed by atoms with E-state index in [1.807, 2.05) is 6.92 Å². The van der Waals surface area contributed by atoms with Crippen LogP contribution in [0.2, 0.25) is 0 Å². The van der Waals surface area contributed by atoms with Crippen molar-refractivity contribution in [3.05, 3.63) is 89.7 Å². The zero-order valence-electron chi connectivity index (χ0n) is 18.7. The third-order valence-corrected chi connectivity index (χ3v) is 6.22. The minimum Gasteiger partial charge on any atom is -0.324 e. The zero-order valence-corrected chi connectivity index (χ0v) is 19.5. The summed E-state index contributed by atoms with van der Waals surface area (Å²) in [4.78, 5) is 27.2. The summed E-state index contributed by atoms with van der Waals surface area (Å²) in [6, 6.07) is 17.9. The van der Waals surface area contributed by atoms with Crippen LogP contribution in [0.4, 0.5) is 15.8 Å². The standard InChI is InChI=1S/C24H25FN4O4S/c1-16(17-7-13-20(14-8-17)34(26,32)33)29(2)15-23(30)28-22-6-4-3-5-21(22)24(31)27-19-11-9-18(25)10-12-19/h3-14,16H,15H2,1-2H3,(H,27,31)(H,28,30)(H2,26,32,33). The highest BCUT2D eigenvalue weighted by Gasteiger charge is 2.18. The number of carbonyl (C=O) groups excluding carboxylic acids is 2. The second-order valence-electron chi connectivity index (χ2n) is 7.76. The number of hydrogen-bond donors (Lipinski definition) is 3. The predicted octanol–water partition coefficient (Wildman–Crippen LogP) is 3.36. The highest BCUT2D eigenvalue weighted by Crippen LogP contribution is 2.21. The normalized spacial score (nSPS) is 12.3. The van der Waals surface area contributed by atoms with Gasteiger partial charge >= 0.3 is 0 Å². The molecule has 0 bridgehead atoms. The van der Waals surface area contributed by atoms with Crippen molar-refractivity contribution in [2.75, 3.05) is 24.2 Å². The molecule has 3 rings (SSSR count). The van der Waals surface area contributed by atoms with Crippen LogP contribution in [0.15, 0.2) is 77.7 Å². The molecule has 3 aromatic carbocycles. The lowest BCUT2D eigenvalue weighted by Gasteiger charge is -2.25. The topological polar surface area (TPSA) is 122 Å². The second-order valence-corrected chi connectivity index (χ2v) is 9.32. The number of carbonyl (C=O) groups is 2. The van der Waals surface area contributed by atoms with Crippen LogP contribution in [0.3, 0.4) is 0 Å². The molecule has 178 valence electrons. The van der Waals surface area contributed by atoms with Crippen molar-refractivity contribution >= 4 is 33.2 Å². The highest BCUT2D eigenvalue weighted by atomic mass is 32.2. The average molecular weight is 485 g/mol. The van der Waals surface area contributed by atoms with Crippen molar-refractivity contribution in [3.8, 4) is 0 Å². The third kappa shape index (κ3) is 6.47. The Labute approximate surface area is 197 Å². The third-order valence-electron chi connectivity index (χ3n) is 5.29. The van der Waals surface area contributed by atoms with E-state index in [0.717, 1.165) is 5.56 Å². The molecule has 2 amide bonds. The maximum absolute atomic E-state index is 13.1. The molecular weight excluding hydrogens is 459 g/mol. The van der Waals surface area contributed by atoms with Gasteiger partial charge in [-0.05, 0) is 68.1 Å². The van der Waals surface area contributed by atoms with Crippen LogP contribution in [0.5, 0.6) is 0 Å². The van der Waals surface area contributed by atoms with E-state index in [1.165, 1.54) is 36.4 Å². The van der Waals surface area contributed by atoms with Gasteiger partial charge < -0.3 is 10.6 Å². The fraction of sp³-hybridized carbons (Fsp3) is 0.167. The first kappa shape index (κ1) is 25.0. The number of para-hydroxylation sites is 1. The Hall–Kier alpha value is -3.60. The molecule has 3 aromatic rings. The van der Waals surface area contributed by atoms with Crippen LogP contribution in [0, 0.1) is 5.82 Å². The molecule has 0 aromatic heterocycles. The molecule has 0 aliphatic rings.